The molecule has 2 fully saturated rings. The third-order valence-electron chi connectivity index (χ3n) is 4.55. The number of hydrogen-bond donors (Lipinski definition) is 2. The number of ether oxygens (including phenoxy) is 2. The van der Waals surface area contributed by atoms with E-state index in [1.807, 2.05) is 12.1 Å². The number of nitrogens with one attached hydrogen (secondary N) is 2. The zero-order valence-electron chi connectivity index (χ0n) is 11.9. The summed E-state index contributed by atoms with van der Waals surface area (Å²) in [5.74, 6) is 2.89. The summed E-state index contributed by atoms with van der Waals surface area (Å²) in [6.07, 6.45) is 0.939. The average Bonchev–Trinajstić information content (AvgIpc) is 3.25. The first-order chi connectivity index (χ1) is 10.3. The Morgan fingerprint density at radius 3 is 2.81 bits per heavy atom. The molecule has 2 aliphatic heterocycles. The van der Waals surface area contributed by atoms with Crippen LogP contribution in [-0.2, 0) is 4.79 Å². The quantitative estimate of drug-likeness (QED) is 0.864. The maximum Gasteiger partial charge on any atom is 0.223 e. The minimum atomic E-state index is 0.126. The summed E-state index contributed by atoms with van der Waals surface area (Å²) in [4.78, 5) is 12.1. The smallest absolute Gasteiger partial charge is 0.223 e. The van der Waals surface area contributed by atoms with Gasteiger partial charge >= 0.3 is 0 Å². The summed E-state index contributed by atoms with van der Waals surface area (Å²) in [7, 11) is 0. The molecule has 3 aliphatic rings. The van der Waals surface area contributed by atoms with Crippen LogP contribution in [0.2, 0.25) is 0 Å². The van der Waals surface area contributed by atoms with E-state index in [1.165, 1.54) is 5.56 Å². The maximum absolute atomic E-state index is 12.1. The van der Waals surface area contributed by atoms with Gasteiger partial charge in [0, 0.05) is 31.5 Å². The van der Waals surface area contributed by atoms with E-state index in [4.69, 9.17) is 9.47 Å². The highest BCUT2D eigenvalue weighted by molar-refractivity contribution is 5.83. The Hall–Kier alpha value is -1.75. The van der Waals surface area contributed by atoms with Crippen molar-refractivity contribution in [2.75, 3.05) is 32.8 Å². The summed E-state index contributed by atoms with van der Waals surface area (Å²) in [6, 6.07) is 6.04. The normalized spacial score (nSPS) is 26.9. The van der Waals surface area contributed by atoms with Gasteiger partial charge < -0.3 is 20.1 Å². The fourth-order valence-corrected chi connectivity index (χ4v) is 3.01. The topological polar surface area (TPSA) is 59.6 Å². The van der Waals surface area contributed by atoms with Crippen LogP contribution in [0.15, 0.2) is 18.2 Å². The second-order valence-corrected chi connectivity index (χ2v) is 6.12. The molecule has 2 N–H and O–H groups in total. The lowest BCUT2D eigenvalue weighted by Crippen LogP contribution is -2.48. The van der Waals surface area contributed by atoms with Gasteiger partial charge in [0.15, 0.2) is 11.5 Å². The molecule has 5 nitrogen and oxygen atoms in total. The number of amides is 1. The number of rotatable bonds is 4. The Morgan fingerprint density at radius 1 is 1.24 bits per heavy atom. The van der Waals surface area contributed by atoms with Crippen LogP contribution in [0.1, 0.15) is 17.9 Å². The fraction of sp³-hybridized carbons (Fsp3) is 0.562. The second-order valence-electron chi connectivity index (χ2n) is 6.12. The van der Waals surface area contributed by atoms with Gasteiger partial charge in [-0.05, 0) is 30.0 Å². The van der Waals surface area contributed by atoms with Gasteiger partial charge in [-0.1, -0.05) is 6.07 Å². The van der Waals surface area contributed by atoms with E-state index in [-0.39, 0.29) is 11.8 Å². The van der Waals surface area contributed by atoms with Gasteiger partial charge in [-0.3, -0.25) is 4.79 Å². The Labute approximate surface area is 124 Å². The minimum absolute atomic E-state index is 0.126. The average molecular weight is 288 g/mol. The van der Waals surface area contributed by atoms with Gasteiger partial charge in [0.2, 0.25) is 5.91 Å². The molecule has 1 aromatic carbocycles. The highest BCUT2D eigenvalue weighted by Crippen LogP contribution is 2.49. The van der Waals surface area contributed by atoms with Crippen molar-refractivity contribution >= 4 is 5.91 Å². The van der Waals surface area contributed by atoms with Crippen LogP contribution in [0, 0.1) is 11.8 Å². The van der Waals surface area contributed by atoms with Crippen molar-refractivity contribution in [3.8, 4) is 11.5 Å². The Balaban J connectivity index is 1.36. The first kappa shape index (κ1) is 13.0. The molecular formula is C16H20N2O3. The summed E-state index contributed by atoms with van der Waals surface area (Å²) in [6.45, 7) is 4.06. The van der Waals surface area contributed by atoms with Crippen LogP contribution < -0.4 is 20.1 Å². The van der Waals surface area contributed by atoms with E-state index in [0.717, 1.165) is 37.6 Å². The van der Waals surface area contributed by atoms with Crippen molar-refractivity contribution in [3.63, 3.8) is 0 Å². The van der Waals surface area contributed by atoms with Crippen molar-refractivity contribution in [2.24, 2.45) is 11.8 Å². The van der Waals surface area contributed by atoms with Crippen LogP contribution in [0.3, 0.4) is 0 Å². The Kier molecular flexibility index (Phi) is 3.22. The van der Waals surface area contributed by atoms with E-state index in [1.54, 1.807) is 0 Å². The van der Waals surface area contributed by atoms with Crippen molar-refractivity contribution in [2.45, 2.75) is 12.3 Å². The van der Waals surface area contributed by atoms with Crippen LogP contribution in [0.5, 0.6) is 11.5 Å². The summed E-state index contributed by atoms with van der Waals surface area (Å²) in [5.41, 5.74) is 1.18. The molecule has 21 heavy (non-hydrogen) atoms. The molecule has 0 aromatic heterocycles. The fourth-order valence-electron chi connectivity index (χ4n) is 3.01. The number of hydrogen-bond acceptors (Lipinski definition) is 4. The lowest BCUT2D eigenvalue weighted by Gasteiger charge is -2.27. The van der Waals surface area contributed by atoms with Gasteiger partial charge in [0.25, 0.3) is 0 Å². The molecule has 0 bridgehead atoms. The summed E-state index contributed by atoms with van der Waals surface area (Å²) in [5, 5.41) is 6.29. The first-order valence-electron chi connectivity index (χ1n) is 7.69. The van der Waals surface area contributed by atoms with E-state index >= 15 is 0 Å². The molecule has 0 spiro atoms. The number of carbonyl (C=O) groups is 1. The van der Waals surface area contributed by atoms with Gasteiger partial charge in [0.05, 0.1) is 0 Å². The lowest BCUT2D eigenvalue weighted by molar-refractivity contribution is -0.122. The third-order valence-corrected chi connectivity index (χ3v) is 4.55. The van der Waals surface area contributed by atoms with Crippen LogP contribution in [0.25, 0.3) is 0 Å². The van der Waals surface area contributed by atoms with E-state index in [9.17, 15) is 4.79 Å². The molecule has 5 heteroatoms. The molecule has 112 valence electrons. The largest absolute Gasteiger partial charge is 0.486 e. The van der Waals surface area contributed by atoms with Gasteiger partial charge in [0.1, 0.15) is 13.2 Å². The third kappa shape index (κ3) is 2.58. The predicted octanol–water partition coefficient (Wildman–Crippen LogP) is 0.897. The summed E-state index contributed by atoms with van der Waals surface area (Å²) < 4.78 is 11.1. The molecule has 4 rings (SSSR count). The Bertz CT molecular complexity index is 556. The number of benzene rings is 1. The zero-order valence-corrected chi connectivity index (χ0v) is 11.9. The standard InChI is InChI=1S/C16H20N2O3/c19-16(18-9-10-7-17-8-10)13-6-12(13)11-1-2-14-15(5-11)21-4-3-20-14/h1-2,5,10,12-13,17H,3-4,6-9H2,(H,18,19). The lowest BCUT2D eigenvalue weighted by atomic mass is 10.0. The molecule has 1 saturated carbocycles. The first-order valence-corrected chi connectivity index (χ1v) is 7.69. The van der Waals surface area contributed by atoms with Gasteiger partial charge in [-0.15, -0.1) is 0 Å². The molecule has 0 radical (unpaired) electrons. The molecular weight excluding hydrogens is 268 g/mol. The Morgan fingerprint density at radius 2 is 2.05 bits per heavy atom. The highest BCUT2D eigenvalue weighted by atomic mass is 16.6. The monoisotopic (exact) mass is 288 g/mol. The molecule has 2 unspecified atom stereocenters. The molecule has 2 heterocycles. The van der Waals surface area contributed by atoms with Crippen molar-refractivity contribution in [3.05, 3.63) is 23.8 Å². The highest BCUT2D eigenvalue weighted by Gasteiger charge is 2.44. The molecule has 2 atom stereocenters. The number of fused-ring (bicyclic) bond motifs is 1. The predicted molar refractivity (Wildman–Crippen MR) is 77.6 cm³/mol. The zero-order chi connectivity index (χ0) is 14.2. The van der Waals surface area contributed by atoms with Gasteiger partial charge in [-0.2, -0.15) is 0 Å². The molecule has 1 amide bonds. The van der Waals surface area contributed by atoms with Crippen molar-refractivity contribution in [1.82, 2.24) is 10.6 Å². The van der Waals surface area contributed by atoms with E-state index in [0.29, 0.717) is 25.0 Å². The van der Waals surface area contributed by atoms with Crippen LogP contribution in [-0.4, -0.2) is 38.8 Å². The van der Waals surface area contributed by atoms with E-state index < -0.39 is 0 Å². The molecule has 1 aromatic rings. The minimum Gasteiger partial charge on any atom is -0.486 e. The second kappa shape index (κ2) is 5.22. The summed E-state index contributed by atoms with van der Waals surface area (Å²) >= 11 is 0. The van der Waals surface area contributed by atoms with Gasteiger partial charge in [-0.25, -0.2) is 0 Å². The maximum atomic E-state index is 12.1. The van der Waals surface area contributed by atoms with Crippen LogP contribution >= 0.6 is 0 Å². The number of carbonyl (C=O) groups excluding carboxylic acids is 1. The molecule has 1 aliphatic carbocycles. The van der Waals surface area contributed by atoms with Crippen LogP contribution in [0.4, 0.5) is 0 Å². The van der Waals surface area contributed by atoms with E-state index in [2.05, 4.69) is 16.7 Å². The van der Waals surface area contributed by atoms with Crippen molar-refractivity contribution < 1.29 is 14.3 Å². The van der Waals surface area contributed by atoms with Crippen molar-refractivity contribution in [1.29, 1.82) is 0 Å². The molecule has 1 saturated heterocycles. The SMILES string of the molecule is O=C(NCC1CNC1)C1CC1c1ccc2c(c1)OCCO2.